The summed E-state index contributed by atoms with van der Waals surface area (Å²) in [6.07, 6.45) is 2.72. The standard InChI is InChI=1S/C30H28N6O2/c1-21(37)31-16-17-32-28-25-20-26(33-29(25)35-27(34-28)24-10-6-3-7-11-24)30(38)36-18-14-23(15-19-36)13-12-22-8-4-2-5-9-22/h2-11,14,20H,15-19H2,1H3,(H,31,37)(H2,32,33,34,35). The Morgan fingerprint density at radius 3 is 2.47 bits per heavy atom. The molecule has 3 N–H and O–H groups in total. The van der Waals surface area contributed by atoms with Gasteiger partial charge in [-0.25, -0.2) is 9.97 Å². The lowest BCUT2D eigenvalue weighted by atomic mass is 10.1. The highest BCUT2D eigenvalue weighted by Crippen LogP contribution is 2.26. The summed E-state index contributed by atoms with van der Waals surface area (Å²) >= 11 is 0. The Balaban J connectivity index is 1.36. The van der Waals surface area contributed by atoms with Gasteiger partial charge in [0.1, 0.15) is 17.2 Å². The van der Waals surface area contributed by atoms with Gasteiger partial charge >= 0.3 is 0 Å². The highest BCUT2D eigenvalue weighted by atomic mass is 16.2. The molecule has 5 rings (SSSR count). The van der Waals surface area contributed by atoms with Gasteiger partial charge in [-0.15, -0.1) is 0 Å². The van der Waals surface area contributed by atoms with E-state index in [1.807, 2.05) is 66.7 Å². The number of amides is 2. The summed E-state index contributed by atoms with van der Waals surface area (Å²) in [5, 5.41) is 6.77. The lowest BCUT2D eigenvalue weighted by Gasteiger charge is -2.24. The Morgan fingerprint density at radius 2 is 1.76 bits per heavy atom. The van der Waals surface area contributed by atoms with Crippen molar-refractivity contribution >= 4 is 28.7 Å². The van der Waals surface area contributed by atoms with Crippen molar-refractivity contribution in [2.24, 2.45) is 0 Å². The fraction of sp³-hybridized carbons (Fsp3) is 0.200. The van der Waals surface area contributed by atoms with Crippen LogP contribution in [-0.4, -0.2) is 57.8 Å². The third-order valence-corrected chi connectivity index (χ3v) is 6.18. The first-order chi connectivity index (χ1) is 18.6. The van der Waals surface area contributed by atoms with Crippen molar-refractivity contribution in [1.29, 1.82) is 0 Å². The third-order valence-electron chi connectivity index (χ3n) is 6.18. The van der Waals surface area contributed by atoms with Crippen molar-refractivity contribution in [3.8, 4) is 23.2 Å². The van der Waals surface area contributed by atoms with Gasteiger partial charge in [0.15, 0.2) is 5.82 Å². The number of anilines is 1. The molecular formula is C30H28N6O2. The molecule has 2 amide bonds. The van der Waals surface area contributed by atoms with E-state index in [9.17, 15) is 9.59 Å². The zero-order chi connectivity index (χ0) is 26.3. The summed E-state index contributed by atoms with van der Waals surface area (Å²) in [4.78, 5) is 39.0. The van der Waals surface area contributed by atoms with Gasteiger partial charge in [-0.2, -0.15) is 0 Å². The third kappa shape index (κ3) is 5.90. The van der Waals surface area contributed by atoms with Gasteiger partial charge in [0, 0.05) is 49.8 Å². The fourth-order valence-corrected chi connectivity index (χ4v) is 4.21. The molecule has 1 aliphatic heterocycles. The number of fused-ring (bicyclic) bond motifs is 1. The molecule has 0 bridgehead atoms. The Labute approximate surface area is 221 Å². The number of rotatable bonds is 6. The first-order valence-corrected chi connectivity index (χ1v) is 12.6. The molecule has 0 unspecified atom stereocenters. The van der Waals surface area contributed by atoms with E-state index >= 15 is 0 Å². The van der Waals surface area contributed by atoms with Crippen LogP contribution >= 0.6 is 0 Å². The predicted octanol–water partition coefficient (Wildman–Crippen LogP) is 4.00. The highest BCUT2D eigenvalue weighted by Gasteiger charge is 2.22. The molecule has 0 saturated heterocycles. The predicted molar refractivity (Wildman–Crippen MR) is 148 cm³/mol. The van der Waals surface area contributed by atoms with Crippen molar-refractivity contribution < 1.29 is 9.59 Å². The largest absolute Gasteiger partial charge is 0.368 e. The molecule has 38 heavy (non-hydrogen) atoms. The lowest BCUT2D eigenvalue weighted by Crippen LogP contribution is -2.34. The van der Waals surface area contributed by atoms with Crippen molar-refractivity contribution in [3.05, 3.63) is 89.6 Å². The van der Waals surface area contributed by atoms with E-state index in [1.165, 1.54) is 6.92 Å². The Bertz CT molecular complexity index is 1550. The van der Waals surface area contributed by atoms with E-state index in [2.05, 4.69) is 27.5 Å². The van der Waals surface area contributed by atoms with Gasteiger partial charge in [0.2, 0.25) is 5.91 Å². The zero-order valence-corrected chi connectivity index (χ0v) is 21.1. The molecule has 4 aromatic rings. The zero-order valence-electron chi connectivity index (χ0n) is 21.1. The topological polar surface area (TPSA) is 103 Å². The number of carbonyl (C=O) groups is 2. The van der Waals surface area contributed by atoms with E-state index in [1.54, 1.807) is 11.0 Å². The molecule has 3 heterocycles. The van der Waals surface area contributed by atoms with Crippen molar-refractivity contribution in [2.45, 2.75) is 13.3 Å². The van der Waals surface area contributed by atoms with Crippen LogP contribution < -0.4 is 10.6 Å². The smallest absolute Gasteiger partial charge is 0.270 e. The summed E-state index contributed by atoms with van der Waals surface area (Å²) < 4.78 is 0. The van der Waals surface area contributed by atoms with Crippen molar-refractivity contribution in [2.75, 3.05) is 31.5 Å². The Morgan fingerprint density at radius 1 is 1.00 bits per heavy atom. The first-order valence-electron chi connectivity index (χ1n) is 12.6. The summed E-state index contributed by atoms with van der Waals surface area (Å²) in [7, 11) is 0. The molecule has 8 nitrogen and oxygen atoms in total. The van der Waals surface area contributed by atoms with E-state index in [0.29, 0.717) is 55.6 Å². The molecule has 0 saturated carbocycles. The maximum atomic E-state index is 13.4. The minimum absolute atomic E-state index is 0.0936. The number of aromatic nitrogens is 3. The van der Waals surface area contributed by atoms with Crippen LogP contribution in [0.15, 0.2) is 78.4 Å². The van der Waals surface area contributed by atoms with Crippen LogP contribution in [0.2, 0.25) is 0 Å². The number of nitrogens with zero attached hydrogens (tertiary/aromatic N) is 3. The summed E-state index contributed by atoms with van der Waals surface area (Å²) in [5.41, 5.74) is 3.91. The van der Waals surface area contributed by atoms with Crippen molar-refractivity contribution in [3.63, 3.8) is 0 Å². The van der Waals surface area contributed by atoms with Crippen LogP contribution in [-0.2, 0) is 4.79 Å². The number of carbonyl (C=O) groups excluding carboxylic acids is 2. The average molecular weight is 505 g/mol. The van der Waals surface area contributed by atoms with E-state index < -0.39 is 0 Å². The second-order valence-electron chi connectivity index (χ2n) is 8.96. The number of hydrogen-bond acceptors (Lipinski definition) is 5. The van der Waals surface area contributed by atoms with Crippen LogP contribution in [0, 0.1) is 11.8 Å². The highest BCUT2D eigenvalue weighted by molar-refractivity contribution is 6.00. The number of H-pyrrole nitrogens is 1. The van der Waals surface area contributed by atoms with E-state index in [-0.39, 0.29) is 11.8 Å². The molecule has 0 radical (unpaired) electrons. The van der Waals surface area contributed by atoms with Crippen LogP contribution in [0.4, 0.5) is 5.82 Å². The average Bonchev–Trinajstić information content (AvgIpc) is 3.39. The SMILES string of the molecule is CC(=O)NCCNc1nc(-c2ccccc2)nc2[nH]c(C(=O)N3CC=C(C#Cc4ccccc4)CC3)cc12. The molecule has 0 spiro atoms. The van der Waals surface area contributed by atoms with Crippen LogP contribution in [0.3, 0.4) is 0 Å². The number of benzene rings is 2. The van der Waals surface area contributed by atoms with E-state index in [0.717, 1.165) is 22.1 Å². The summed E-state index contributed by atoms with van der Waals surface area (Å²) in [6, 6.07) is 21.3. The van der Waals surface area contributed by atoms with E-state index in [4.69, 9.17) is 9.97 Å². The molecule has 8 heteroatoms. The van der Waals surface area contributed by atoms with Gasteiger partial charge in [-0.1, -0.05) is 66.4 Å². The Kier molecular flexibility index (Phi) is 7.46. The quantitative estimate of drug-likeness (QED) is 0.272. The monoisotopic (exact) mass is 504 g/mol. The lowest BCUT2D eigenvalue weighted by molar-refractivity contribution is -0.118. The minimum Gasteiger partial charge on any atom is -0.368 e. The second-order valence-corrected chi connectivity index (χ2v) is 8.96. The number of aromatic amines is 1. The molecule has 190 valence electrons. The maximum Gasteiger partial charge on any atom is 0.270 e. The number of nitrogens with one attached hydrogen (secondary N) is 3. The van der Waals surface area contributed by atoms with Gasteiger partial charge in [0.05, 0.1) is 5.39 Å². The van der Waals surface area contributed by atoms with Crippen LogP contribution in [0.25, 0.3) is 22.4 Å². The fourth-order valence-electron chi connectivity index (χ4n) is 4.21. The Hall–Kier alpha value is -4.90. The van der Waals surface area contributed by atoms with Crippen LogP contribution in [0.1, 0.15) is 29.4 Å². The van der Waals surface area contributed by atoms with Gasteiger partial charge < -0.3 is 20.5 Å². The molecule has 0 atom stereocenters. The number of hydrogen-bond donors (Lipinski definition) is 3. The molecular weight excluding hydrogens is 476 g/mol. The van der Waals surface area contributed by atoms with Crippen molar-refractivity contribution in [1.82, 2.24) is 25.2 Å². The molecule has 1 aliphatic rings. The molecule has 2 aromatic carbocycles. The van der Waals surface area contributed by atoms with Crippen LogP contribution in [0.5, 0.6) is 0 Å². The maximum absolute atomic E-state index is 13.4. The van der Waals surface area contributed by atoms with Gasteiger partial charge in [-0.05, 0) is 24.6 Å². The first kappa shape index (κ1) is 24.8. The molecule has 2 aromatic heterocycles. The molecule has 0 fully saturated rings. The normalized spacial score (nSPS) is 12.9. The summed E-state index contributed by atoms with van der Waals surface area (Å²) in [6.45, 7) is 3.50. The summed E-state index contributed by atoms with van der Waals surface area (Å²) in [5.74, 6) is 7.38. The molecule has 0 aliphatic carbocycles. The van der Waals surface area contributed by atoms with Gasteiger partial charge in [0.25, 0.3) is 5.91 Å². The second kappa shape index (κ2) is 11.4. The minimum atomic E-state index is -0.0974. The van der Waals surface area contributed by atoms with Gasteiger partial charge in [-0.3, -0.25) is 9.59 Å².